The zero-order valence-electron chi connectivity index (χ0n) is 15.1. The molecule has 136 valence electrons. The molecule has 2 aromatic carbocycles. The first-order chi connectivity index (χ1) is 12.6. The summed E-state index contributed by atoms with van der Waals surface area (Å²) in [5.41, 5.74) is 1.73. The van der Waals surface area contributed by atoms with Crippen molar-refractivity contribution in [1.29, 1.82) is 0 Å². The van der Waals surface area contributed by atoms with Crippen LogP contribution in [0.3, 0.4) is 0 Å². The van der Waals surface area contributed by atoms with Crippen LogP contribution >= 0.6 is 0 Å². The Kier molecular flexibility index (Phi) is 5.53. The normalized spacial score (nSPS) is 14.8. The number of nitrogens with zero attached hydrogens (tertiary/aromatic N) is 2. The number of ether oxygens (including phenoxy) is 1. The molecule has 1 aliphatic rings. The smallest absolute Gasteiger partial charge is 0.259 e. The highest BCUT2D eigenvalue weighted by Gasteiger charge is 2.20. The van der Waals surface area contributed by atoms with Crippen LogP contribution in [0.4, 0.5) is 5.69 Å². The van der Waals surface area contributed by atoms with E-state index >= 15 is 0 Å². The van der Waals surface area contributed by atoms with Crippen molar-refractivity contribution in [2.45, 2.75) is 0 Å². The van der Waals surface area contributed by atoms with Gasteiger partial charge >= 0.3 is 0 Å². The Labute approximate surface area is 153 Å². The van der Waals surface area contributed by atoms with Gasteiger partial charge in [-0.05, 0) is 43.4 Å². The van der Waals surface area contributed by atoms with E-state index in [1.807, 2.05) is 11.0 Å². The predicted molar refractivity (Wildman–Crippen MR) is 101 cm³/mol. The summed E-state index contributed by atoms with van der Waals surface area (Å²) in [6.45, 7) is 3.25. The predicted octanol–water partition coefficient (Wildman–Crippen LogP) is 2.34. The SMILES string of the molecule is COc1ccccc1C(=O)Nc1ccc(C(=O)N2CCN(C)CC2)cc1. The second-order valence-corrected chi connectivity index (χ2v) is 6.33. The van der Waals surface area contributed by atoms with Gasteiger partial charge in [-0.15, -0.1) is 0 Å². The van der Waals surface area contributed by atoms with Crippen molar-refractivity contribution < 1.29 is 14.3 Å². The summed E-state index contributed by atoms with van der Waals surface area (Å²) >= 11 is 0. The Balaban J connectivity index is 1.66. The number of carbonyl (C=O) groups is 2. The number of piperazine rings is 1. The molecule has 0 aromatic heterocycles. The van der Waals surface area contributed by atoms with Crippen molar-refractivity contribution in [3.05, 3.63) is 59.7 Å². The topological polar surface area (TPSA) is 61.9 Å². The Morgan fingerprint density at radius 2 is 1.62 bits per heavy atom. The molecule has 0 aliphatic carbocycles. The van der Waals surface area contributed by atoms with E-state index in [-0.39, 0.29) is 11.8 Å². The van der Waals surface area contributed by atoms with Crippen molar-refractivity contribution in [3.8, 4) is 5.75 Å². The summed E-state index contributed by atoms with van der Waals surface area (Å²) in [7, 11) is 3.59. The van der Waals surface area contributed by atoms with Gasteiger partial charge in [0.25, 0.3) is 11.8 Å². The fourth-order valence-corrected chi connectivity index (χ4v) is 2.92. The molecule has 1 aliphatic heterocycles. The first kappa shape index (κ1) is 17.9. The third-order valence-corrected chi connectivity index (χ3v) is 4.53. The lowest BCUT2D eigenvalue weighted by molar-refractivity contribution is 0.0664. The second-order valence-electron chi connectivity index (χ2n) is 6.33. The van der Waals surface area contributed by atoms with Crippen LogP contribution < -0.4 is 10.1 Å². The molecule has 0 bridgehead atoms. The van der Waals surface area contributed by atoms with Crippen LogP contribution in [-0.2, 0) is 0 Å². The maximum absolute atomic E-state index is 12.5. The van der Waals surface area contributed by atoms with Gasteiger partial charge in [0.2, 0.25) is 0 Å². The number of carbonyl (C=O) groups excluding carboxylic acids is 2. The number of para-hydroxylation sites is 1. The molecule has 1 saturated heterocycles. The monoisotopic (exact) mass is 353 g/mol. The zero-order valence-corrected chi connectivity index (χ0v) is 15.1. The molecule has 0 radical (unpaired) electrons. The molecule has 6 heteroatoms. The number of benzene rings is 2. The quantitative estimate of drug-likeness (QED) is 0.916. The third kappa shape index (κ3) is 4.03. The summed E-state index contributed by atoms with van der Waals surface area (Å²) in [4.78, 5) is 29.0. The van der Waals surface area contributed by atoms with Crippen molar-refractivity contribution in [3.63, 3.8) is 0 Å². The minimum atomic E-state index is -0.249. The van der Waals surface area contributed by atoms with Crippen LogP contribution in [0.1, 0.15) is 20.7 Å². The molecule has 1 fully saturated rings. The Bertz CT molecular complexity index is 781. The van der Waals surface area contributed by atoms with Crippen LogP contribution in [0.2, 0.25) is 0 Å². The molecule has 0 spiro atoms. The molecule has 2 aromatic rings. The number of anilines is 1. The first-order valence-corrected chi connectivity index (χ1v) is 8.61. The summed E-state index contributed by atoms with van der Waals surface area (Å²) in [5.74, 6) is 0.299. The number of hydrogen-bond donors (Lipinski definition) is 1. The van der Waals surface area contributed by atoms with Gasteiger partial charge < -0.3 is 19.9 Å². The molecule has 2 amide bonds. The molecule has 0 saturated carbocycles. The molecule has 1 N–H and O–H groups in total. The number of amides is 2. The molecule has 1 heterocycles. The van der Waals surface area contributed by atoms with Crippen LogP contribution in [0.5, 0.6) is 5.75 Å². The highest BCUT2D eigenvalue weighted by atomic mass is 16.5. The van der Waals surface area contributed by atoms with Crippen LogP contribution in [-0.4, -0.2) is 62.0 Å². The van der Waals surface area contributed by atoms with Crippen LogP contribution in [0, 0.1) is 0 Å². The number of methoxy groups -OCH3 is 1. The maximum Gasteiger partial charge on any atom is 0.259 e. The van der Waals surface area contributed by atoms with Gasteiger partial charge in [0, 0.05) is 37.4 Å². The van der Waals surface area contributed by atoms with Gasteiger partial charge in [0.15, 0.2) is 0 Å². The van der Waals surface area contributed by atoms with E-state index in [1.165, 1.54) is 7.11 Å². The van der Waals surface area contributed by atoms with E-state index < -0.39 is 0 Å². The van der Waals surface area contributed by atoms with Gasteiger partial charge in [-0.3, -0.25) is 9.59 Å². The van der Waals surface area contributed by atoms with E-state index in [1.54, 1.807) is 42.5 Å². The molecular formula is C20H23N3O3. The van der Waals surface area contributed by atoms with Crippen molar-refractivity contribution >= 4 is 17.5 Å². The first-order valence-electron chi connectivity index (χ1n) is 8.61. The molecule has 26 heavy (non-hydrogen) atoms. The number of rotatable bonds is 4. The fraction of sp³-hybridized carbons (Fsp3) is 0.300. The Hall–Kier alpha value is -2.86. The molecule has 0 atom stereocenters. The lowest BCUT2D eigenvalue weighted by Crippen LogP contribution is -2.47. The zero-order chi connectivity index (χ0) is 18.5. The third-order valence-electron chi connectivity index (χ3n) is 4.53. The fourth-order valence-electron chi connectivity index (χ4n) is 2.92. The van der Waals surface area contributed by atoms with Gasteiger partial charge in [0.1, 0.15) is 5.75 Å². The molecular weight excluding hydrogens is 330 g/mol. The summed E-state index contributed by atoms with van der Waals surface area (Å²) in [6.07, 6.45) is 0. The summed E-state index contributed by atoms with van der Waals surface area (Å²) < 4.78 is 5.22. The van der Waals surface area contributed by atoms with Gasteiger partial charge in [0.05, 0.1) is 12.7 Å². The largest absolute Gasteiger partial charge is 0.496 e. The van der Waals surface area contributed by atoms with E-state index in [4.69, 9.17) is 4.74 Å². The van der Waals surface area contributed by atoms with Gasteiger partial charge in [-0.25, -0.2) is 0 Å². The van der Waals surface area contributed by atoms with Gasteiger partial charge in [-0.2, -0.15) is 0 Å². The van der Waals surface area contributed by atoms with Crippen LogP contribution in [0.15, 0.2) is 48.5 Å². The number of hydrogen-bond acceptors (Lipinski definition) is 4. The van der Waals surface area contributed by atoms with Crippen molar-refractivity contribution in [2.75, 3.05) is 45.7 Å². The maximum atomic E-state index is 12.5. The molecule has 3 rings (SSSR count). The second kappa shape index (κ2) is 8.01. The molecule has 6 nitrogen and oxygen atoms in total. The van der Waals surface area contributed by atoms with E-state index in [9.17, 15) is 9.59 Å². The highest BCUT2D eigenvalue weighted by Crippen LogP contribution is 2.19. The Morgan fingerprint density at radius 1 is 0.962 bits per heavy atom. The van der Waals surface area contributed by atoms with Crippen molar-refractivity contribution in [2.24, 2.45) is 0 Å². The van der Waals surface area contributed by atoms with Gasteiger partial charge in [-0.1, -0.05) is 12.1 Å². The van der Waals surface area contributed by atoms with Crippen LogP contribution in [0.25, 0.3) is 0 Å². The Morgan fingerprint density at radius 3 is 2.27 bits per heavy atom. The average Bonchev–Trinajstić information content (AvgIpc) is 2.68. The summed E-state index contributed by atoms with van der Waals surface area (Å²) in [5, 5.41) is 2.83. The standard InChI is InChI=1S/C20H23N3O3/c1-22-11-13-23(14-12-22)20(25)15-7-9-16(10-8-15)21-19(24)17-5-3-4-6-18(17)26-2/h3-10H,11-14H2,1-2H3,(H,21,24). The van der Waals surface area contributed by atoms with E-state index in [2.05, 4.69) is 17.3 Å². The van der Waals surface area contributed by atoms with E-state index in [0.29, 0.717) is 22.6 Å². The molecule has 0 unspecified atom stereocenters. The lowest BCUT2D eigenvalue weighted by atomic mass is 10.1. The lowest BCUT2D eigenvalue weighted by Gasteiger charge is -2.32. The van der Waals surface area contributed by atoms with Crippen molar-refractivity contribution in [1.82, 2.24) is 9.80 Å². The highest BCUT2D eigenvalue weighted by molar-refractivity contribution is 6.06. The van der Waals surface area contributed by atoms with E-state index in [0.717, 1.165) is 26.2 Å². The minimum absolute atomic E-state index is 0.0284. The number of likely N-dealkylation sites (N-methyl/N-ethyl adjacent to an activating group) is 1. The minimum Gasteiger partial charge on any atom is -0.496 e. The average molecular weight is 353 g/mol. The summed E-state index contributed by atoms with van der Waals surface area (Å²) in [6, 6.07) is 14.0. The number of nitrogens with one attached hydrogen (secondary N) is 1.